The summed E-state index contributed by atoms with van der Waals surface area (Å²) in [6.07, 6.45) is -9.61. The molecular weight excluding hydrogens is 452 g/mol. The van der Waals surface area contributed by atoms with Crippen molar-refractivity contribution in [3.05, 3.63) is 71.4 Å². The minimum absolute atomic E-state index is 0.0496. The van der Waals surface area contributed by atoms with E-state index < -0.39 is 23.5 Å². The van der Waals surface area contributed by atoms with Gasteiger partial charge in [0.15, 0.2) is 0 Å². The van der Waals surface area contributed by atoms with Crippen LogP contribution < -0.4 is 4.90 Å². The second kappa shape index (κ2) is 7.91. The van der Waals surface area contributed by atoms with Crippen LogP contribution in [0.5, 0.6) is 0 Å². The first-order chi connectivity index (χ1) is 15.4. The Morgan fingerprint density at radius 3 is 2.18 bits per heavy atom. The predicted molar refractivity (Wildman–Crippen MR) is 106 cm³/mol. The second-order valence-corrected chi connectivity index (χ2v) is 7.70. The molecule has 1 aliphatic rings. The summed E-state index contributed by atoms with van der Waals surface area (Å²) in [5.41, 5.74) is -2.88. The highest BCUT2D eigenvalue weighted by Gasteiger charge is 2.71. The minimum atomic E-state index is -5.96. The SMILES string of the molecule is O=C1CCc2cc(-c3ccn[nH]3)ccc2N1Cc1ccc(C(O)(C(F)(F)F)C(F)(F)F)cc1. The summed E-state index contributed by atoms with van der Waals surface area (Å²) in [5.74, 6) is -0.219. The van der Waals surface area contributed by atoms with Crippen LogP contribution >= 0.6 is 0 Å². The monoisotopic (exact) mass is 469 g/mol. The van der Waals surface area contributed by atoms with Gasteiger partial charge in [-0.3, -0.25) is 9.89 Å². The summed E-state index contributed by atoms with van der Waals surface area (Å²) in [6.45, 7) is -0.0496. The molecule has 0 saturated carbocycles. The van der Waals surface area contributed by atoms with Gasteiger partial charge in [-0.15, -0.1) is 0 Å². The van der Waals surface area contributed by atoms with E-state index >= 15 is 0 Å². The zero-order valence-corrected chi connectivity index (χ0v) is 16.8. The van der Waals surface area contributed by atoms with Gasteiger partial charge in [0.25, 0.3) is 5.60 Å². The van der Waals surface area contributed by atoms with Crippen molar-refractivity contribution in [2.75, 3.05) is 4.90 Å². The first-order valence-corrected chi connectivity index (χ1v) is 9.80. The number of aliphatic hydroxyl groups is 1. The number of carbonyl (C=O) groups excluding carboxylic acids is 1. The van der Waals surface area contributed by atoms with Crippen molar-refractivity contribution in [1.82, 2.24) is 10.2 Å². The molecule has 0 aliphatic carbocycles. The van der Waals surface area contributed by atoms with Crippen LogP contribution in [-0.2, 0) is 23.4 Å². The van der Waals surface area contributed by atoms with Crippen LogP contribution in [-0.4, -0.2) is 33.6 Å². The number of anilines is 1. The Balaban J connectivity index is 1.62. The molecule has 33 heavy (non-hydrogen) atoms. The van der Waals surface area contributed by atoms with Gasteiger partial charge in [0.2, 0.25) is 5.91 Å². The van der Waals surface area contributed by atoms with Gasteiger partial charge in [0.05, 0.1) is 12.2 Å². The second-order valence-electron chi connectivity index (χ2n) is 7.70. The Labute approximate surface area is 183 Å². The molecule has 2 N–H and O–H groups in total. The van der Waals surface area contributed by atoms with Crippen molar-refractivity contribution in [3.63, 3.8) is 0 Å². The standard InChI is InChI=1S/C22H17F6N3O2/c23-21(24,25)20(33,22(26,27)28)16-5-1-13(2-6-16)12-31-18-7-3-14(17-9-10-29-30-17)11-15(18)4-8-19(31)32/h1-3,5-7,9-11,33H,4,8,12H2,(H,29,30). The molecule has 0 radical (unpaired) electrons. The molecule has 5 nitrogen and oxygen atoms in total. The molecule has 3 aromatic rings. The van der Waals surface area contributed by atoms with E-state index in [1.165, 1.54) is 4.90 Å². The van der Waals surface area contributed by atoms with Crippen LogP contribution in [0.3, 0.4) is 0 Å². The van der Waals surface area contributed by atoms with Crippen LogP contribution in [0.15, 0.2) is 54.7 Å². The average molecular weight is 469 g/mol. The van der Waals surface area contributed by atoms with Crippen molar-refractivity contribution in [2.24, 2.45) is 0 Å². The van der Waals surface area contributed by atoms with E-state index in [9.17, 15) is 36.2 Å². The lowest BCUT2D eigenvalue weighted by Crippen LogP contribution is -2.53. The number of aryl methyl sites for hydroxylation is 1. The highest BCUT2D eigenvalue weighted by atomic mass is 19.4. The first kappa shape index (κ1) is 22.8. The number of carbonyl (C=O) groups is 1. The van der Waals surface area contributed by atoms with Gasteiger partial charge < -0.3 is 10.0 Å². The number of rotatable bonds is 4. The molecule has 174 valence electrons. The number of aromatic nitrogens is 2. The molecule has 0 bridgehead atoms. The number of nitrogens with zero attached hydrogens (tertiary/aromatic N) is 2. The van der Waals surface area contributed by atoms with Gasteiger partial charge in [-0.1, -0.05) is 30.3 Å². The molecule has 11 heteroatoms. The lowest BCUT2D eigenvalue weighted by atomic mass is 9.91. The van der Waals surface area contributed by atoms with Crippen molar-refractivity contribution < 1.29 is 36.2 Å². The zero-order chi connectivity index (χ0) is 24.0. The number of benzene rings is 2. The van der Waals surface area contributed by atoms with Gasteiger partial charge in [0, 0.05) is 23.9 Å². The number of hydrogen-bond acceptors (Lipinski definition) is 3. The van der Waals surface area contributed by atoms with Crippen LogP contribution in [0.2, 0.25) is 0 Å². The minimum Gasteiger partial charge on any atom is -0.369 e. The molecule has 1 aliphatic heterocycles. The fraction of sp³-hybridized carbons (Fsp3) is 0.273. The topological polar surface area (TPSA) is 69.2 Å². The van der Waals surface area contributed by atoms with E-state index in [4.69, 9.17) is 0 Å². The highest BCUT2D eigenvalue weighted by molar-refractivity contribution is 5.96. The quantitative estimate of drug-likeness (QED) is 0.536. The molecule has 4 rings (SSSR count). The number of amides is 1. The van der Waals surface area contributed by atoms with Gasteiger partial charge in [-0.05, 0) is 41.3 Å². The number of fused-ring (bicyclic) bond motifs is 1. The van der Waals surface area contributed by atoms with E-state index in [0.717, 1.165) is 29.0 Å². The summed E-state index contributed by atoms with van der Waals surface area (Å²) in [7, 11) is 0. The van der Waals surface area contributed by atoms with Crippen molar-refractivity contribution >= 4 is 11.6 Å². The number of halogens is 6. The molecule has 0 unspecified atom stereocenters. The van der Waals surface area contributed by atoms with E-state index in [1.807, 2.05) is 6.07 Å². The van der Waals surface area contributed by atoms with Gasteiger partial charge in [-0.2, -0.15) is 31.4 Å². The summed E-state index contributed by atoms with van der Waals surface area (Å²) >= 11 is 0. The molecule has 0 saturated heterocycles. The molecule has 2 aromatic carbocycles. The van der Waals surface area contributed by atoms with Crippen LogP contribution in [0.25, 0.3) is 11.3 Å². The van der Waals surface area contributed by atoms with E-state index in [2.05, 4.69) is 10.2 Å². The smallest absolute Gasteiger partial charge is 0.369 e. The fourth-order valence-electron chi connectivity index (χ4n) is 3.84. The summed E-state index contributed by atoms with van der Waals surface area (Å²) < 4.78 is 78.5. The third-order valence-corrected chi connectivity index (χ3v) is 5.62. The van der Waals surface area contributed by atoms with Crippen molar-refractivity contribution in [2.45, 2.75) is 37.3 Å². The Morgan fingerprint density at radius 2 is 1.61 bits per heavy atom. The fourth-order valence-corrected chi connectivity index (χ4v) is 3.84. The number of hydrogen-bond donors (Lipinski definition) is 2. The Bertz CT molecular complexity index is 1140. The van der Waals surface area contributed by atoms with Crippen LogP contribution in [0.4, 0.5) is 32.0 Å². The first-order valence-electron chi connectivity index (χ1n) is 9.80. The maximum absolute atomic E-state index is 13.1. The van der Waals surface area contributed by atoms with Crippen LogP contribution in [0, 0.1) is 0 Å². The summed E-state index contributed by atoms with van der Waals surface area (Å²) in [5, 5.41) is 16.3. The molecule has 1 amide bonds. The number of aromatic amines is 1. The van der Waals surface area contributed by atoms with Gasteiger partial charge in [0.1, 0.15) is 0 Å². The maximum Gasteiger partial charge on any atom is 0.430 e. The Hall–Kier alpha value is -3.34. The summed E-state index contributed by atoms with van der Waals surface area (Å²) in [6, 6.07) is 10.4. The van der Waals surface area contributed by atoms with Crippen molar-refractivity contribution in [1.29, 1.82) is 0 Å². The molecule has 0 fully saturated rings. The number of alkyl halides is 6. The average Bonchev–Trinajstić information content (AvgIpc) is 3.29. The van der Waals surface area contributed by atoms with Gasteiger partial charge in [-0.25, -0.2) is 0 Å². The highest BCUT2D eigenvalue weighted by Crippen LogP contribution is 2.50. The molecule has 0 atom stereocenters. The van der Waals surface area contributed by atoms with Crippen LogP contribution in [0.1, 0.15) is 23.1 Å². The van der Waals surface area contributed by atoms with Gasteiger partial charge >= 0.3 is 12.4 Å². The largest absolute Gasteiger partial charge is 0.430 e. The predicted octanol–water partition coefficient (Wildman–Crippen LogP) is 4.87. The molecular formula is C22H17F6N3O2. The maximum atomic E-state index is 13.1. The molecule has 0 spiro atoms. The van der Waals surface area contributed by atoms with E-state index in [-0.39, 0.29) is 18.9 Å². The van der Waals surface area contributed by atoms with E-state index in [1.54, 1.807) is 24.4 Å². The molecule has 2 heterocycles. The lowest BCUT2D eigenvalue weighted by molar-refractivity contribution is -0.376. The van der Waals surface area contributed by atoms with Crippen molar-refractivity contribution in [3.8, 4) is 11.3 Å². The van der Waals surface area contributed by atoms with E-state index in [0.29, 0.717) is 29.8 Å². The normalized spacial score (nSPS) is 15.0. The number of nitrogens with one attached hydrogen (secondary N) is 1. The third kappa shape index (κ3) is 3.97. The zero-order valence-electron chi connectivity index (χ0n) is 16.8. The Kier molecular flexibility index (Phi) is 5.47. The molecule has 1 aromatic heterocycles. The summed E-state index contributed by atoms with van der Waals surface area (Å²) in [4.78, 5) is 14.0. The Morgan fingerprint density at radius 1 is 0.939 bits per heavy atom. The third-order valence-electron chi connectivity index (χ3n) is 5.62. The number of H-pyrrole nitrogens is 1. The lowest BCUT2D eigenvalue weighted by Gasteiger charge is -2.33.